The van der Waals surface area contributed by atoms with Gasteiger partial charge >= 0.3 is 5.76 Å². The van der Waals surface area contributed by atoms with Crippen molar-refractivity contribution >= 4 is 11.1 Å². The van der Waals surface area contributed by atoms with Gasteiger partial charge in [-0.2, -0.15) is 0 Å². The lowest BCUT2D eigenvalue weighted by Gasteiger charge is -2.36. The Hall–Kier alpha value is -1.59. The van der Waals surface area contributed by atoms with E-state index in [0.29, 0.717) is 24.9 Å². The van der Waals surface area contributed by atoms with Gasteiger partial charge in [-0.15, -0.1) is 0 Å². The van der Waals surface area contributed by atoms with Crippen molar-refractivity contribution in [2.45, 2.75) is 32.7 Å². The van der Waals surface area contributed by atoms with Crippen LogP contribution < -0.4 is 5.76 Å². The minimum atomic E-state index is -0.299. The van der Waals surface area contributed by atoms with Gasteiger partial charge in [0.1, 0.15) is 0 Å². The van der Waals surface area contributed by atoms with Crippen LogP contribution in [0.2, 0.25) is 0 Å². The number of aromatic nitrogens is 1. The molecule has 5 nitrogen and oxygen atoms in total. The minimum Gasteiger partial charge on any atom is -0.408 e. The molecule has 0 radical (unpaired) electrons. The first kappa shape index (κ1) is 12.4. The Morgan fingerprint density at radius 1 is 1.32 bits per heavy atom. The number of rotatable bonds is 2. The standard InChI is InChI=1S/C14H18N2O3/c1-10-8-18-11(2)7-15(10)9-16-12-5-3-4-6-13(12)19-14(16)17/h3-6,10-11H,7-9H2,1-2H3/t10-,11-/m0/s1. The highest BCUT2D eigenvalue weighted by molar-refractivity contribution is 5.72. The first-order valence-corrected chi connectivity index (χ1v) is 6.59. The summed E-state index contributed by atoms with van der Waals surface area (Å²) in [4.78, 5) is 14.2. The lowest BCUT2D eigenvalue weighted by Crippen LogP contribution is -2.48. The van der Waals surface area contributed by atoms with E-state index in [-0.39, 0.29) is 11.9 Å². The van der Waals surface area contributed by atoms with Gasteiger partial charge in [-0.1, -0.05) is 12.1 Å². The summed E-state index contributed by atoms with van der Waals surface area (Å²) in [7, 11) is 0. The topological polar surface area (TPSA) is 47.6 Å². The maximum Gasteiger partial charge on any atom is 0.421 e. The molecule has 1 fully saturated rings. The number of hydrogen-bond donors (Lipinski definition) is 0. The molecule has 0 aliphatic carbocycles. The molecule has 19 heavy (non-hydrogen) atoms. The minimum absolute atomic E-state index is 0.199. The zero-order chi connectivity index (χ0) is 13.4. The van der Waals surface area contributed by atoms with Crippen LogP contribution in [0, 0.1) is 0 Å². The van der Waals surface area contributed by atoms with E-state index in [0.717, 1.165) is 12.1 Å². The van der Waals surface area contributed by atoms with Gasteiger partial charge in [0, 0.05) is 12.6 Å². The largest absolute Gasteiger partial charge is 0.421 e. The molecular formula is C14H18N2O3. The van der Waals surface area contributed by atoms with Gasteiger partial charge in [0.25, 0.3) is 0 Å². The molecule has 3 rings (SSSR count). The van der Waals surface area contributed by atoms with E-state index < -0.39 is 0 Å². The number of nitrogens with zero attached hydrogens (tertiary/aromatic N) is 2. The summed E-state index contributed by atoms with van der Waals surface area (Å²) in [5.74, 6) is -0.299. The Bertz CT molecular complexity index is 631. The van der Waals surface area contributed by atoms with Crippen molar-refractivity contribution in [3.8, 4) is 0 Å². The molecule has 1 aromatic heterocycles. The van der Waals surface area contributed by atoms with Crippen LogP contribution in [0.3, 0.4) is 0 Å². The second kappa shape index (κ2) is 4.83. The Morgan fingerprint density at radius 3 is 2.95 bits per heavy atom. The van der Waals surface area contributed by atoms with Crippen molar-refractivity contribution in [1.29, 1.82) is 0 Å². The fourth-order valence-electron chi connectivity index (χ4n) is 2.50. The van der Waals surface area contributed by atoms with Gasteiger partial charge in [0.05, 0.1) is 24.9 Å². The van der Waals surface area contributed by atoms with Gasteiger partial charge in [-0.25, -0.2) is 4.79 Å². The van der Waals surface area contributed by atoms with E-state index >= 15 is 0 Å². The average molecular weight is 262 g/mol. The molecule has 2 aromatic rings. The molecule has 0 N–H and O–H groups in total. The zero-order valence-electron chi connectivity index (χ0n) is 11.2. The summed E-state index contributed by atoms with van der Waals surface area (Å²) in [5, 5.41) is 0. The Morgan fingerprint density at radius 2 is 2.11 bits per heavy atom. The van der Waals surface area contributed by atoms with Crippen LogP contribution in [0.5, 0.6) is 0 Å². The van der Waals surface area contributed by atoms with Crippen molar-refractivity contribution < 1.29 is 9.15 Å². The summed E-state index contributed by atoms with van der Waals surface area (Å²) in [5.41, 5.74) is 1.49. The molecule has 0 spiro atoms. The van der Waals surface area contributed by atoms with E-state index in [1.807, 2.05) is 24.3 Å². The third-order valence-electron chi connectivity index (χ3n) is 3.63. The second-order valence-electron chi connectivity index (χ2n) is 5.17. The molecule has 0 saturated carbocycles. The van der Waals surface area contributed by atoms with E-state index in [9.17, 15) is 4.79 Å². The molecule has 1 saturated heterocycles. The number of ether oxygens (including phenoxy) is 1. The van der Waals surface area contributed by atoms with Gasteiger partial charge < -0.3 is 9.15 Å². The first-order chi connectivity index (χ1) is 9.15. The quantitative estimate of drug-likeness (QED) is 0.826. The normalized spacial score (nSPS) is 24.9. The van der Waals surface area contributed by atoms with Crippen LogP contribution in [0.4, 0.5) is 0 Å². The first-order valence-electron chi connectivity index (χ1n) is 6.59. The monoisotopic (exact) mass is 262 g/mol. The van der Waals surface area contributed by atoms with Crippen LogP contribution in [-0.2, 0) is 11.4 Å². The van der Waals surface area contributed by atoms with Gasteiger partial charge in [0.15, 0.2) is 5.58 Å². The molecule has 0 bridgehead atoms. The molecule has 2 heterocycles. The highest BCUT2D eigenvalue weighted by atomic mass is 16.5. The highest BCUT2D eigenvalue weighted by Crippen LogP contribution is 2.16. The number of oxazole rings is 1. The lowest BCUT2D eigenvalue weighted by atomic mass is 10.2. The molecule has 0 unspecified atom stereocenters. The third kappa shape index (κ3) is 2.31. The fourth-order valence-corrected chi connectivity index (χ4v) is 2.50. The Kier molecular flexibility index (Phi) is 3.16. The van der Waals surface area contributed by atoms with E-state index in [1.165, 1.54) is 0 Å². The SMILES string of the molecule is C[C@H]1CN(Cn2c(=O)oc3ccccc32)[C@@H](C)CO1. The summed E-state index contributed by atoms with van der Waals surface area (Å²) < 4.78 is 12.5. The van der Waals surface area contributed by atoms with Crippen molar-refractivity contribution in [3.05, 3.63) is 34.8 Å². The molecule has 1 aliphatic rings. The van der Waals surface area contributed by atoms with Crippen LogP contribution in [-0.4, -0.2) is 34.8 Å². The average Bonchev–Trinajstić information content (AvgIpc) is 2.71. The van der Waals surface area contributed by atoms with Crippen molar-refractivity contribution in [2.75, 3.05) is 13.2 Å². The molecule has 1 aliphatic heterocycles. The number of hydrogen-bond acceptors (Lipinski definition) is 4. The Balaban J connectivity index is 1.92. The fraction of sp³-hybridized carbons (Fsp3) is 0.500. The summed E-state index contributed by atoms with van der Waals surface area (Å²) in [6.07, 6.45) is 0.199. The van der Waals surface area contributed by atoms with Crippen LogP contribution in [0.25, 0.3) is 11.1 Å². The predicted octanol–water partition coefficient (Wildman–Crippen LogP) is 1.66. The van der Waals surface area contributed by atoms with Crippen LogP contribution >= 0.6 is 0 Å². The smallest absolute Gasteiger partial charge is 0.408 e. The lowest BCUT2D eigenvalue weighted by molar-refractivity contribution is -0.0610. The maximum absolute atomic E-state index is 11.9. The summed E-state index contributed by atoms with van der Waals surface area (Å²) >= 11 is 0. The molecule has 0 amide bonds. The number of benzene rings is 1. The summed E-state index contributed by atoms with van der Waals surface area (Å²) in [6, 6.07) is 7.82. The van der Waals surface area contributed by atoms with Gasteiger partial charge in [-0.05, 0) is 26.0 Å². The molecular weight excluding hydrogens is 244 g/mol. The van der Waals surface area contributed by atoms with Crippen molar-refractivity contribution in [2.24, 2.45) is 0 Å². The van der Waals surface area contributed by atoms with Crippen LogP contribution in [0.1, 0.15) is 13.8 Å². The van der Waals surface area contributed by atoms with Crippen molar-refractivity contribution in [3.63, 3.8) is 0 Å². The molecule has 1 aromatic carbocycles. The van der Waals surface area contributed by atoms with Crippen molar-refractivity contribution in [1.82, 2.24) is 9.47 Å². The predicted molar refractivity (Wildman–Crippen MR) is 72.1 cm³/mol. The molecule has 5 heteroatoms. The third-order valence-corrected chi connectivity index (χ3v) is 3.63. The van der Waals surface area contributed by atoms with E-state index in [2.05, 4.69) is 18.7 Å². The summed E-state index contributed by atoms with van der Waals surface area (Å²) in [6.45, 7) is 6.23. The van der Waals surface area contributed by atoms with Gasteiger partial charge in [-0.3, -0.25) is 9.47 Å². The van der Waals surface area contributed by atoms with E-state index in [1.54, 1.807) is 4.57 Å². The maximum atomic E-state index is 11.9. The Labute approximate surface area is 111 Å². The molecule has 2 atom stereocenters. The highest BCUT2D eigenvalue weighted by Gasteiger charge is 2.24. The van der Waals surface area contributed by atoms with Crippen LogP contribution in [0.15, 0.2) is 33.5 Å². The number of fused-ring (bicyclic) bond motifs is 1. The number of para-hydroxylation sites is 2. The number of morpholine rings is 1. The second-order valence-corrected chi connectivity index (χ2v) is 5.17. The zero-order valence-corrected chi connectivity index (χ0v) is 11.2. The van der Waals surface area contributed by atoms with E-state index in [4.69, 9.17) is 9.15 Å². The molecule has 102 valence electrons. The van der Waals surface area contributed by atoms with Gasteiger partial charge in [0.2, 0.25) is 0 Å².